The highest BCUT2D eigenvalue weighted by Crippen LogP contribution is 2.39. The van der Waals surface area contributed by atoms with E-state index in [1.165, 1.54) is 7.11 Å². The van der Waals surface area contributed by atoms with Crippen molar-refractivity contribution in [2.24, 2.45) is 0 Å². The fourth-order valence-electron chi connectivity index (χ4n) is 3.26. The monoisotopic (exact) mass is 494 g/mol. The Bertz CT molecular complexity index is 1280. The molecule has 0 atom stereocenters. The molecule has 7 nitrogen and oxygen atoms in total. The molecule has 0 aliphatic carbocycles. The van der Waals surface area contributed by atoms with E-state index in [9.17, 15) is 14.4 Å². The van der Waals surface area contributed by atoms with Gasteiger partial charge in [-0.2, -0.15) is 0 Å². The van der Waals surface area contributed by atoms with Crippen LogP contribution in [0.1, 0.15) is 5.56 Å². The molecule has 0 unspecified atom stereocenters. The number of nitrogens with one attached hydrogen (secondary N) is 1. The number of hydrogen-bond acceptors (Lipinski definition) is 6. The molecular weight excluding hydrogens is 476 g/mol. The van der Waals surface area contributed by atoms with Crippen LogP contribution >= 0.6 is 23.4 Å². The smallest absolute Gasteiger partial charge is 0.298 e. The molecule has 172 valence electrons. The van der Waals surface area contributed by atoms with Gasteiger partial charge < -0.3 is 14.8 Å². The Labute approximate surface area is 205 Å². The lowest BCUT2D eigenvalue weighted by Crippen LogP contribution is -2.27. The van der Waals surface area contributed by atoms with Crippen molar-refractivity contribution in [1.29, 1.82) is 0 Å². The van der Waals surface area contributed by atoms with Crippen LogP contribution in [0.25, 0.3) is 6.08 Å². The fraction of sp³-hybridized carbons (Fsp3) is 0.0800. The Balaban J connectivity index is 1.57. The zero-order valence-electron chi connectivity index (χ0n) is 18.0. The normalized spacial score (nSPS) is 14.4. The SMILES string of the molecule is COc1cccc(/C=C2/SC(=O)N(c3cccc(Cl)c3)C2=O)c1OCC(=O)Nc1ccccc1. The van der Waals surface area contributed by atoms with Crippen LogP contribution in [0.15, 0.2) is 77.7 Å². The summed E-state index contributed by atoms with van der Waals surface area (Å²) in [6, 6.07) is 20.6. The molecule has 0 saturated carbocycles. The Hall–Kier alpha value is -3.75. The maximum atomic E-state index is 13.0. The van der Waals surface area contributed by atoms with Crippen LogP contribution < -0.4 is 19.7 Å². The summed E-state index contributed by atoms with van der Waals surface area (Å²) in [5, 5.41) is 2.72. The Morgan fingerprint density at radius 1 is 1.06 bits per heavy atom. The molecule has 1 fully saturated rings. The van der Waals surface area contributed by atoms with Crippen LogP contribution in [0.3, 0.4) is 0 Å². The number of thioether (sulfide) groups is 1. The predicted molar refractivity (Wildman–Crippen MR) is 133 cm³/mol. The van der Waals surface area contributed by atoms with Gasteiger partial charge in [-0.1, -0.05) is 48.0 Å². The summed E-state index contributed by atoms with van der Waals surface area (Å²) < 4.78 is 11.2. The molecule has 1 aliphatic heterocycles. The van der Waals surface area contributed by atoms with Gasteiger partial charge in [-0.25, -0.2) is 4.90 Å². The summed E-state index contributed by atoms with van der Waals surface area (Å²) in [4.78, 5) is 39.2. The quantitative estimate of drug-likeness (QED) is 0.430. The first kappa shape index (κ1) is 23.4. The van der Waals surface area contributed by atoms with Gasteiger partial charge in [0.1, 0.15) is 0 Å². The van der Waals surface area contributed by atoms with E-state index < -0.39 is 11.1 Å². The lowest BCUT2D eigenvalue weighted by atomic mass is 10.1. The zero-order valence-corrected chi connectivity index (χ0v) is 19.6. The number of halogens is 1. The largest absolute Gasteiger partial charge is 0.493 e. The minimum atomic E-state index is -0.479. The molecule has 1 heterocycles. The van der Waals surface area contributed by atoms with Crippen molar-refractivity contribution < 1.29 is 23.9 Å². The fourth-order valence-corrected chi connectivity index (χ4v) is 4.28. The molecule has 3 aromatic carbocycles. The van der Waals surface area contributed by atoms with E-state index in [0.29, 0.717) is 27.7 Å². The molecule has 1 N–H and O–H groups in total. The van der Waals surface area contributed by atoms with Crippen LogP contribution in [0.5, 0.6) is 11.5 Å². The number of imide groups is 1. The predicted octanol–water partition coefficient (Wildman–Crippen LogP) is 5.61. The van der Waals surface area contributed by atoms with Gasteiger partial charge in [-0.05, 0) is 54.2 Å². The molecule has 0 spiro atoms. The number of anilines is 2. The first-order valence-electron chi connectivity index (χ1n) is 10.1. The number of nitrogens with zero attached hydrogens (tertiary/aromatic N) is 1. The number of carbonyl (C=O) groups excluding carboxylic acids is 3. The van der Waals surface area contributed by atoms with E-state index in [0.717, 1.165) is 16.7 Å². The van der Waals surface area contributed by atoms with Gasteiger partial charge in [0.05, 0.1) is 17.7 Å². The van der Waals surface area contributed by atoms with Crippen LogP contribution in [0.2, 0.25) is 5.02 Å². The van der Waals surface area contributed by atoms with Gasteiger partial charge in [0.15, 0.2) is 18.1 Å². The van der Waals surface area contributed by atoms with Gasteiger partial charge >= 0.3 is 0 Å². The molecule has 9 heteroatoms. The number of rotatable bonds is 7. The number of carbonyl (C=O) groups is 3. The van der Waals surface area contributed by atoms with Crippen molar-refractivity contribution >= 4 is 57.9 Å². The van der Waals surface area contributed by atoms with Crippen molar-refractivity contribution in [1.82, 2.24) is 0 Å². The number of methoxy groups -OCH3 is 1. The molecule has 1 aliphatic rings. The van der Waals surface area contributed by atoms with E-state index in [-0.39, 0.29) is 23.2 Å². The lowest BCUT2D eigenvalue weighted by Gasteiger charge is -2.14. The molecule has 0 bridgehead atoms. The molecule has 3 aromatic rings. The number of benzene rings is 3. The lowest BCUT2D eigenvalue weighted by molar-refractivity contribution is -0.118. The van der Waals surface area contributed by atoms with E-state index in [1.807, 2.05) is 18.2 Å². The second-order valence-electron chi connectivity index (χ2n) is 7.08. The molecule has 34 heavy (non-hydrogen) atoms. The van der Waals surface area contributed by atoms with Crippen molar-refractivity contribution in [2.45, 2.75) is 0 Å². The summed E-state index contributed by atoms with van der Waals surface area (Å²) >= 11 is 6.82. The summed E-state index contributed by atoms with van der Waals surface area (Å²) in [6.45, 7) is -0.278. The molecule has 0 aromatic heterocycles. The van der Waals surface area contributed by atoms with Gasteiger partial charge in [0.2, 0.25) is 0 Å². The number of hydrogen-bond donors (Lipinski definition) is 1. The summed E-state index contributed by atoms with van der Waals surface area (Å²) in [5.74, 6) is -0.171. The highest BCUT2D eigenvalue weighted by atomic mass is 35.5. The van der Waals surface area contributed by atoms with Crippen LogP contribution in [-0.2, 0) is 9.59 Å². The van der Waals surface area contributed by atoms with Crippen LogP contribution in [-0.4, -0.2) is 30.8 Å². The minimum absolute atomic E-state index is 0.205. The van der Waals surface area contributed by atoms with Crippen molar-refractivity contribution in [2.75, 3.05) is 23.9 Å². The van der Waals surface area contributed by atoms with E-state index in [1.54, 1.807) is 60.7 Å². The highest BCUT2D eigenvalue weighted by Gasteiger charge is 2.36. The van der Waals surface area contributed by atoms with E-state index in [4.69, 9.17) is 21.1 Å². The second kappa shape index (κ2) is 10.5. The zero-order chi connectivity index (χ0) is 24.1. The summed E-state index contributed by atoms with van der Waals surface area (Å²) in [7, 11) is 1.48. The Morgan fingerprint density at radius 3 is 2.56 bits per heavy atom. The first-order chi connectivity index (χ1) is 16.5. The number of amides is 3. The van der Waals surface area contributed by atoms with Gasteiger partial charge in [0, 0.05) is 16.3 Å². The second-order valence-corrected chi connectivity index (χ2v) is 8.51. The maximum Gasteiger partial charge on any atom is 0.298 e. The third-order valence-corrected chi connectivity index (χ3v) is 5.89. The Morgan fingerprint density at radius 2 is 1.82 bits per heavy atom. The molecule has 0 radical (unpaired) electrons. The Kier molecular flexibility index (Phi) is 7.20. The standard InChI is InChI=1S/C25H19ClN2O5S/c1-32-20-12-5-7-16(23(20)33-15-22(29)27-18-9-3-2-4-10-18)13-21-24(30)28(25(31)34-21)19-11-6-8-17(26)14-19/h2-14H,15H2,1H3,(H,27,29)/b21-13+. The van der Waals surface area contributed by atoms with Gasteiger partial charge in [-0.3, -0.25) is 14.4 Å². The summed E-state index contributed by atoms with van der Waals surface area (Å²) in [5.41, 5.74) is 1.52. The third kappa shape index (κ3) is 5.24. The van der Waals surface area contributed by atoms with Crippen molar-refractivity contribution in [3.8, 4) is 11.5 Å². The molecule has 1 saturated heterocycles. The number of ether oxygens (including phenoxy) is 2. The highest BCUT2D eigenvalue weighted by molar-refractivity contribution is 8.19. The van der Waals surface area contributed by atoms with E-state index >= 15 is 0 Å². The number of para-hydroxylation sites is 2. The van der Waals surface area contributed by atoms with Gasteiger partial charge in [-0.15, -0.1) is 0 Å². The van der Waals surface area contributed by atoms with Crippen molar-refractivity contribution in [3.05, 3.63) is 88.3 Å². The first-order valence-corrected chi connectivity index (χ1v) is 11.3. The van der Waals surface area contributed by atoms with Crippen LogP contribution in [0.4, 0.5) is 16.2 Å². The average Bonchev–Trinajstić information content (AvgIpc) is 3.11. The maximum absolute atomic E-state index is 13.0. The van der Waals surface area contributed by atoms with E-state index in [2.05, 4.69) is 5.32 Å². The minimum Gasteiger partial charge on any atom is -0.493 e. The van der Waals surface area contributed by atoms with Crippen molar-refractivity contribution in [3.63, 3.8) is 0 Å². The summed E-state index contributed by atoms with van der Waals surface area (Å²) in [6.07, 6.45) is 1.54. The molecule has 4 rings (SSSR count). The van der Waals surface area contributed by atoms with Gasteiger partial charge in [0.25, 0.3) is 17.1 Å². The topological polar surface area (TPSA) is 84.9 Å². The average molecular weight is 495 g/mol. The van der Waals surface area contributed by atoms with Crippen LogP contribution in [0, 0.1) is 0 Å². The third-order valence-electron chi connectivity index (χ3n) is 4.78. The molecule has 3 amide bonds. The molecular formula is C25H19ClN2O5S.